The van der Waals surface area contributed by atoms with Gasteiger partial charge in [0.1, 0.15) is 18.1 Å². The second-order valence-corrected chi connectivity index (χ2v) is 9.67. The molecule has 0 radical (unpaired) electrons. The van der Waals surface area contributed by atoms with Crippen LogP contribution < -0.4 is 14.8 Å². The summed E-state index contributed by atoms with van der Waals surface area (Å²) in [4.78, 5) is 26.8. The van der Waals surface area contributed by atoms with E-state index in [2.05, 4.69) is 5.32 Å². The van der Waals surface area contributed by atoms with E-state index in [9.17, 15) is 9.59 Å². The summed E-state index contributed by atoms with van der Waals surface area (Å²) in [5, 5.41) is 7.39. The van der Waals surface area contributed by atoms with Gasteiger partial charge in [0.15, 0.2) is 5.69 Å². The Bertz CT molecular complexity index is 1200. The highest BCUT2D eigenvalue weighted by Crippen LogP contribution is 2.28. The number of piperidine rings is 1. The Morgan fingerprint density at radius 3 is 2.32 bits per heavy atom. The van der Waals surface area contributed by atoms with Crippen LogP contribution in [0.4, 0.5) is 4.79 Å². The molecule has 1 aliphatic rings. The van der Waals surface area contributed by atoms with Gasteiger partial charge in [-0.2, -0.15) is 5.10 Å². The van der Waals surface area contributed by atoms with Crippen LogP contribution in [0.1, 0.15) is 43.6 Å². The third-order valence-electron chi connectivity index (χ3n) is 6.23. The molecule has 1 fully saturated rings. The number of alkyl carbamates (subject to hydrolysis) is 1. The zero-order chi connectivity index (χ0) is 26.9. The summed E-state index contributed by atoms with van der Waals surface area (Å²) in [5.41, 5.74) is 2.95. The maximum atomic E-state index is 13.2. The zero-order valence-electron chi connectivity index (χ0n) is 22.3. The van der Waals surface area contributed by atoms with Gasteiger partial charge < -0.3 is 24.4 Å². The van der Waals surface area contributed by atoms with Gasteiger partial charge in [-0.05, 0) is 79.8 Å². The Morgan fingerprint density at radius 2 is 1.66 bits per heavy atom. The van der Waals surface area contributed by atoms with Crippen molar-refractivity contribution in [1.82, 2.24) is 20.0 Å². The quantitative estimate of drug-likeness (QED) is 0.381. The Balaban J connectivity index is 1.48. The normalized spacial score (nSPS) is 13.3. The van der Waals surface area contributed by atoms with Gasteiger partial charge in [0.25, 0.3) is 5.91 Å². The molecule has 202 valence electrons. The molecule has 2 amide bonds. The Morgan fingerprint density at radius 1 is 0.974 bits per heavy atom. The molecule has 9 nitrogen and oxygen atoms in total. The van der Waals surface area contributed by atoms with Crippen molar-refractivity contribution in [2.45, 2.75) is 33.1 Å². The molecular formula is C29H36N4O5. The Labute approximate surface area is 223 Å². The van der Waals surface area contributed by atoms with Crippen molar-refractivity contribution in [3.05, 3.63) is 60.3 Å². The second kappa shape index (κ2) is 13.0. The fourth-order valence-corrected chi connectivity index (χ4v) is 4.21. The van der Waals surface area contributed by atoms with E-state index in [-0.39, 0.29) is 11.8 Å². The minimum absolute atomic E-state index is 0.0439. The first-order chi connectivity index (χ1) is 18.4. The molecule has 0 unspecified atom stereocenters. The topological polar surface area (TPSA) is 94.9 Å². The van der Waals surface area contributed by atoms with E-state index in [0.29, 0.717) is 31.2 Å². The van der Waals surface area contributed by atoms with Crippen LogP contribution in [0.2, 0.25) is 0 Å². The summed E-state index contributed by atoms with van der Waals surface area (Å²) in [6.07, 6.45) is 2.75. The van der Waals surface area contributed by atoms with Gasteiger partial charge in [0.2, 0.25) is 0 Å². The van der Waals surface area contributed by atoms with Gasteiger partial charge in [-0.25, -0.2) is 9.48 Å². The van der Waals surface area contributed by atoms with Crippen molar-refractivity contribution < 1.29 is 23.8 Å². The van der Waals surface area contributed by atoms with Crippen LogP contribution in [-0.2, 0) is 4.74 Å². The lowest BCUT2D eigenvalue weighted by Crippen LogP contribution is -2.35. The molecule has 38 heavy (non-hydrogen) atoms. The lowest BCUT2D eigenvalue weighted by Gasteiger charge is -2.25. The van der Waals surface area contributed by atoms with Crippen LogP contribution in [0.3, 0.4) is 0 Å². The molecule has 3 aromatic rings. The van der Waals surface area contributed by atoms with Crippen LogP contribution in [0.25, 0.3) is 16.9 Å². The minimum atomic E-state index is -0.445. The molecule has 1 saturated heterocycles. The summed E-state index contributed by atoms with van der Waals surface area (Å²) in [6, 6.07) is 17.0. The summed E-state index contributed by atoms with van der Waals surface area (Å²) < 4.78 is 17.9. The fourth-order valence-electron chi connectivity index (χ4n) is 4.21. The monoisotopic (exact) mass is 520 g/mol. The number of aromatic nitrogens is 2. The standard InChI is InChI=1S/C29H36N4O5/c1-21(2)20-38-29(35)30-15-18-37-25-11-7-22(8-12-25)27-19-26(28(34)32-16-5-4-6-17-32)31-33(27)23-9-13-24(36-3)14-10-23/h7-14,19,21H,4-6,15-18,20H2,1-3H3,(H,30,35). The number of amides is 2. The van der Waals surface area contributed by atoms with Gasteiger partial charge in [-0.1, -0.05) is 13.8 Å². The van der Waals surface area contributed by atoms with Gasteiger partial charge in [0.05, 0.1) is 31.6 Å². The van der Waals surface area contributed by atoms with Crippen molar-refractivity contribution in [3.63, 3.8) is 0 Å². The summed E-state index contributed by atoms with van der Waals surface area (Å²) in [7, 11) is 1.63. The van der Waals surface area contributed by atoms with Crippen LogP contribution in [0.15, 0.2) is 54.6 Å². The lowest BCUT2D eigenvalue weighted by atomic mass is 10.1. The zero-order valence-corrected chi connectivity index (χ0v) is 22.3. The van der Waals surface area contributed by atoms with Crippen molar-refractivity contribution in [1.29, 1.82) is 0 Å². The first-order valence-electron chi connectivity index (χ1n) is 13.1. The summed E-state index contributed by atoms with van der Waals surface area (Å²) in [6.45, 7) is 6.53. The molecule has 2 heterocycles. The van der Waals surface area contributed by atoms with E-state index >= 15 is 0 Å². The number of ether oxygens (including phenoxy) is 3. The first kappa shape index (κ1) is 27.0. The Hall–Kier alpha value is -4.01. The smallest absolute Gasteiger partial charge is 0.407 e. The van der Waals surface area contributed by atoms with Crippen molar-refractivity contribution >= 4 is 12.0 Å². The molecule has 0 atom stereocenters. The molecule has 1 aliphatic heterocycles. The molecule has 0 bridgehead atoms. The van der Waals surface area contributed by atoms with Crippen molar-refractivity contribution in [3.8, 4) is 28.4 Å². The number of carbonyl (C=O) groups is 2. The largest absolute Gasteiger partial charge is 0.497 e. The van der Waals surface area contributed by atoms with Crippen LogP contribution >= 0.6 is 0 Å². The third kappa shape index (κ3) is 7.06. The van der Waals surface area contributed by atoms with E-state index in [1.165, 1.54) is 0 Å². The number of nitrogens with zero attached hydrogens (tertiary/aromatic N) is 3. The van der Waals surface area contributed by atoms with E-state index in [0.717, 1.165) is 55.0 Å². The van der Waals surface area contributed by atoms with Gasteiger partial charge in [-0.3, -0.25) is 4.79 Å². The second-order valence-electron chi connectivity index (χ2n) is 9.67. The molecule has 9 heteroatoms. The van der Waals surface area contributed by atoms with E-state index in [4.69, 9.17) is 19.3 Å². The minimum Gasteiger partial charge on any atom is -0.497 e. The van der Waals surface area contributed by atoms with E-state index in [1.807, 2.05) is 73.3 Å². The third-order valence-corrected chi connectivity index (χ3v) is 6.23. The number of hydrogen-bond acceptors (Lipinski definition) is 6. The highest BCUT2D eigenvalue weighted by Gasteiger charge is 2.23. The fraction of sp³-hybridized carbons (Fsp3) is 0.414. The first-order valence-corrected chi connectivity index (χ1v) is 13.1. The predicted molar refractivity (Wildman–Crippen MR) is 145 cm³/mol. The maximum Gasteiger partial charge on any atom is 0.407 e. The molecule has 0 saturated carbocycles. The van der Waals surface area contributed by atoms with E-state index in [1.54, 1.807) is 11.8 Å². The highest BCUT2D eigenvalue weighted by molar-refractivity contribution is 5.93. The number of nitrogens with one attached hydrogen (secondary N) is 1. The molecule has 4 rings (SSSR count). The van der Waals surface area contributed by atoms with E-state index < -0.39 is 6.09 Å². The van der Waals surface area contributed by atoms with Crippen LogP contribution in [0, 0.1) is 5.92 Å². The SMILES string of the molecule is COc1ccc(-n2nc(C(=O)N3CCCCC3)cc2-c2ccc(OCCNC(=O)OCC(C)C)cc2)cc1. The molecule has 1 N–H and O–H groups in total. The lowest BCUT2D eigenvalue weighted by molar-refractivity contribution is 0.0718. The predicted octanol–water partition coefficient (Wildman–Crippen LogP) is 4.94. The van der Waals surface area contributed by atoms with Gasteiger partial charge in [0, 0.05) is 18.7 Å². The number of rotatable bonds is 10. The summed E-state index contributed by atoms with van der Waals surface area (Å²) in [5.74, 6) is 1.66. The van der Waals surface area contributed by atoms with Crippen LogP contribution in [-0.4, -0.2) is 66.6 Å². The molecule has 2 aromatic carbocycles. The molecule has 1 aromatic heterocycles. The summed E-state index contributed by atoms with van der Waals surface area (Å²) >= 11 is 0. The Kier molecular flexibility index (Phi) is 9.24. The maximum absolute atomic E-state index is 13.2. The molecule has 0 spiro atoms. The number of hydrogen-bond donors (Lipinski definition) is 1. The average Bonchev–Trinajstić information content (AvgIpc) is 3.40. The van der Waals surface area contributed by atoms with Crippen LogP contribution in [0.5, 0.6) is 11.5 Å². The number of likely N-dealkylation sites (tertiary alicyclic amines) is 1. The number of methoxy groups -OCH3 is 1. The average molecular weight is 521 g/mol. The molecule has 0 aliphatic carbocycles. The van der Waals surface area contributed by atoms with Crippen molar-refractivity contribution in [2.24, 2.45) is 5.92 Å². The number of carbonyl (C=O) groups excluding carboxylic acids is 2. The van der Waals surface area contributed by atoms with Gasteiger partial charge in [-0.15, -0.1) is 0 Å². The van der Waals surface area contributed by atoms with Crippen molar-refractivity contribution in [2.75, 3.05) is 40.0 Å². The highest BCUT2D eigenvalue weighted by atomic mass is 16.5. The number of benzene rings is 2. The van der Waals surface area contributed by atoms with Gasteiger partial charge >= 0.3 is 6.09 Å². The molecular weight excluding hydrogens is 484 g/mol.